The summed E-state index contributed by atoms with van der Waals surface area (Å²) in [4.78, 5) is 54.8. The van der Waals surface area contributed by atoms with E-state index in [2.05, 4.69) is 27.7 Å². The molecule has 0 N–H and O–H groups in total. The van der Waals surface area contributed by atoms with Crippen LogP contribution in [0.2, 0.25) is 0 Å². The molecule has 0 aromatic heterocycles. The first-order valence-electron chi connectivity index (χ1n) is 38.5. The van der Waals surface area contributed by atoms with Crippen LogP contribution in [0.5, 0.6) is 57.5 Å². The molecule has 14 nitrogen and oxygen atoms in total. The van der Waals surface area contributed by atoms with Crippen molar-refractivity contribution in [3.05, 3.63) is 156 Å². The SMILES string of the molecule is CCCCCCCCCOc1ccc(OC(=O)c2ccc(C(=O)Oc3ccc(OCCCCCCCCC)cc3)c(OCCCCCCCCCCOc3cc(C(=O)Oc4ccc(OCCCCCCCCC)cc4)ccc3C(=O)Oc3ccc(OCCCCCCCCC)cc3)c2)cc1. The van der Waals surface area contributed by atoms with Gasteiger partial charge < -0.3 is 47.4 Å². The van der Waals surface area contributed by atoms with E-state index in [4.69, 9.17) is 47.4 Å². The Balaban J connectivity index is 0.977. The summed E-state index contributed by atoms with van der Waals surface area (Å²) in [6.07, 6.45) is 40.9. The van der Waals surface area contributed by atoms with Crippen LogP contribution in [0.1, 0.15) is 300 Å². The first-order chi connectivity index (χ1) is 49.2. The van der Waals surface area contributed by atoms with Crippen LogP contribution >= 0.6 is 0 Å². The van der Waals surface area contributed by atoms with E-state index < -0.39 is 23.9 Å². The Morgan fingerprint density at radius 3 is 0.630 bits per heavy atom. The van der Waals surface area contributed by atoms with Gasteiger partial charge in [-0.2, -0.15) is 0 Å². The molecule has 0 aliphatic rings. The van der Waals surface area contributed by atoms with Gasteiger partial charge in [0, 0.05) is 0 Å². The number of ether oxygens (including phenoxy) is 10. The van der Waals surface area contributed by atoms with Crippen LogP contribution in [0.25, 0.3) is 0 Å². The summed E-state index contributed by atoms with van der Waals surface area (Å²) in [5.74, 6) is 2.34. The lowest BCUT2D eigenvalue weighted by atomic mass is 10.1. The zero-order valence-corrected chi connectivity index (χ0v) is 61.1. The van der Waals surface area contributed by atoms with E-state index in [1.165, 1.54) is 128 Å². The molecule has 0 aliphatic carbocycles. The lowest BCUT2D eigenvalue weighted by Crippen LogP contribution is -2.14. The van der Waals surface area contributed by atoms with Crippen molar-refractivity contribution in [3.63, 3.8) is 0 Å². The third kappa shape index (κ3) is 33.9. The number of benzene rings is 6. The molecule has 14 heteroatoms. The van der Waals surface area contributed by atoms with Gasteiger partial charge in [-0.1, -0.05) is 220 Å². The Morgan fingerprint density at radius 1 is 0.210 bits per heavy atom. The Bertz CT molecular complexity index is 2950. The van der Waals surface area contributed by atoms with E-state index in [-0.39, 0.29) is 33.8 Å². The van der Waals surface area contributed by atoms with Crippen LogP contribution in [-0.2, 0) is 0 Å². The summed E-state index contributed by atoms with van der Waals surface area (Å²) in [5.41, 5.74) is 0.825. The maximum absolute atomic E-state index is 13.8. The zero-order valence-electron chi connectivity index (χ0n) is 61.1. The molecule has 0 radical (unpaired) electrons. The van der Waals surface area contributed by atoms with Crippen LogP contribution in [0.4, 0.5) is 0 Å². The molecule has 0 saturated heterocycles. The minimum absolute atomic E-state index is 0.186. The molecule has 0 amide bonds. The maximum Gasteiger partial charge on any atom is 0.347 e. The maximum atomic E-state index is 13.8. The van der Waals surface area contributed by atoms with Crippen molar-refractivity contribution in [3.8, 4) is 57.5 Å². The van der Waals surface area contributed by atoms with Crippen molar-refractivity contribution in [2.75, 3.05) is 39.6 Å². The van der Waals surface area contributed by atoms with Gasteiger partial charge in [0.1, 0.15) is 68.6 Å². The fraction of sp³-hybridized carbons (Fsp3) is 0.535. The molecular weight excluding hydrogens is 1260 g/mol. The van der Waals surface area contributed by atoms with Crippen LogP contribution in [0.3, 0.4) is 0 Å². The van der Waals surface area contributed by atoms with Gasteiger partial charge in [-0.15, -0.1) is 0 Å². The first kappa shape index (κ1) is 81.0. The number of carbonyl (C=O) groups is 4. The highest BCUT2D eigenvalue weighted by Gasteiger charge is 2.22. The zero-order chi connectivity index (χ0) is 70.7. The standard InChI is InChI=1S/C86H118O14/c1-5-9-13-17-23-29-35-61-91-71-43-51-75(52-44-71)97-83(87)69-41-59-79(85(89)99-77-55-47-73(48-56-77)93-63-37-31-25-19-15-11-7-3)81(67-69)95-65-39-33-27-21-22-28-34-40-66-96-82-68-70(84(88)98-76-53-45-72(46-54-76)92-62-36-30-24-18-14-10-6-2)42-60-80(82)86(90)100-78-57-49-74(50-58-78)94-64-38-32-26-20-16-12-8-4/h41-60,67-68H,5-40,61-66H2,1-4H3. The second-order valence-electron chi connectivity index (χ2n) is 26.3. The summed E-state index contributed by atoms with van der Waals surface area (Å²) >= 11 is 0. The summed E-state index contributed by atoms with van der Waals surface area (Å²) < 4.78 is 59.7. The van der Waals surface area contributed by atoms with Crippen molar-refractivity contribution >= 4 is 23.9 Å². The molecule has 6 rings (SSSR count). The average molecular weight is 1380 g/mol. The van der Waals surface area contributed by atoms with E-state index in [9.17, 15) is 19.2 Å². The molecule has 0 bridgehead atoms. The Hall–Kier alpha value is -8.00. The Morgan fingerprint density at radius 2 is 0.400 bits per heavy atom. The van der Waals surface area contributed by atoms with Crippen LogP contribution in [-0.4, -0.2) is 63.5 Å². The number of rotatable bonds is 57. The van der Waals surface area contributed by atoms with Gasteiger partial charge in [0.15, 0.2) is 0 Å². The third-order valence-electron chi connectivity index (χ3n) is 17.6. The molecule has 6 aromatic carbocycles. The fourth-order valence-electron chi connectivity index (χ4n) is 11.6. The molecule has 6 aromatic rings. The van der Waals surface area contributed by atoms with E-state index in [1.807, 2.05) is 0 Å². The summed E-state index contributed by atoms with van der Waals surface area (Å²) in [5, 5.41) is 0. The first-order valence-corrected chi connectivity index (χ1v) is 38.5. The normalized spacial score (nSPS) is 11.0. The number of esters is 4. The van der Waals surface area contributed by atoms with Crippen molar-refractivity contribution in [2.45, 2.75) is 259 Å². The van der Waals surface area contributed by atoms with E-state index in [0.29, 0.717) is 85.6 Å². The van der Waals surface area contributed by atoms with Crippen LogP contribution < -0.4 is 47.4 Å². The van der Waals surface area contributed by atoms with Gasteiger partial charge in [-0.3, -0.25) is 0 Å². The average Bonchev–Trinajstić information content (AvgIpc) is 0.867. The minimum Gasteiger partial charge on any atom is -0.494 e. The van der Waals surface area contributed by atoms with E-state index >= 15 is 0 Å². The highest BCUT2D eigenvalue weighted by Crippen LogP contribution is 2.30. The quantitative estimate of drug-likeness (QED) is 0.0201. The van der Waals surface area contributed by atoms with Gasteiger partial charge in [0.05, 0.1) is 50.8 Å². The topological polar surface area (TPSA) is 161 Å². The molecular formula is C86H118O14. The monoisotopic (exact) mass is 1370 g/mol. The Kier molecular flexibility index (Phi) is 41.4. The minimum atomic E-state index is -0.616. The van der Waals surface area contributed by atoms with Crippen molar-refractivity contribution in [1.82, 2.24) is 0 Å². The van der Waals surface area contributed by atoms with Crippen molar-refractivity contribution in [1.29, 1.82) is 0 Å². The smallest absolute Gasteiger partial charge is 0.347 e. The summed E-state index contributed by atoms with van der Waals surface area (Å²) in [6.45, 7) is 12.1. The molecule has 0 saturated carbocycles. The van der Waals surface area contributed by atoms with Gasteiger partial charge in [0.2, 0.25) is 0 Å². The number of unbranched alkanes of at least 4 members (excludes halogenated alkanes) is 31. The molecule has 546 valence electrons. The van der Waals surface area contributed by atoms with E-state index in [1.54, 1.807) is 133 Å². The lowest BCUT2D eigenvalue weighted by Gasteiger charge is -2.14. The number of carbonyl (C=O) groups excluding carboxylic acids is 4. The molecule has 0 aliphatic heterocycles. The molecule has 0 atom stereocenters. The van der Waals surface area contributed by atoms with Crippen LogP contribution in [0, 0.1) is 0 Å². The second kappa shape index (κ2) is 51.2. The van der Waals surface area contributed by atoms with Crippen molar-refractivity contribution < 1.29 is 66.5 Å². The van der Waals surface area contributed by atoms with Gasteiger partial charge >= 0.3 is 23.9 Å². The molecule has 0 spiro atoms. The molecule has 0 unspecified atom stereocenters. The number of hydrogen-bond acceptors (Lipinski definition) is 14. The summed E-state index contributed by atoms with van der Waals surface area (Å²) in [7, 11) is 0. The lowest BCUT2D eigenvalue weighted by molar-refractivity contribution is 0.0715. The van der Waals surface area contributed by atoms with Gasteiger partial charge in [-0.05, 0) is 172 Å². The molecule has 0 heterocycles. The molecule has 0 fully saturated rings. The largest absolute Gasteiger partial charge is 0.494 e. The van der Waals surface area contributed by atoms with Gasteiger partial charge in [-0.25, -0.2) is 19.2 Å². The summed E-state index contributed by atoms with van der Waals surface area (Å²) in [6, 6.07) is 37.4. The predicted molar refractivity (Wildman–Crippen MR) is 400 cm³/mol. The molecule has 100 heavy (non-hydrogen) atoms. The third-order valence-corrected chi connectivity index (χ3v) is 17.6. The van der Waals surface area contributed by atoms with Crippen LogP contribution in [0.15, 0.2) is 133 Å². The second-order valence-corrected chi connectivity index (χ2v) is 26.3. The predicted octanol–water partition coefficient (Wildman–Crippen LogP) is 23.7. The number of hydrogen-bond donors (Lipinski definition) is 0. The fourth-order valence-corrected chi connectivity index (χ4v) is 11.6. The Labute approximate surface area is 599 Å². The highest BCUT2D eigenvalue weighted by molar-refractivity contribution is 5.98. The van der Waals surface area contributed by atoms with Gasteiger partial charge in [0.25, 0.3) is 0 Å². The van der Waals surface area contributed by atoms with Crippen molar-refractivity contribution in [2.24, 2.45) is 0 Å². The van der Waals surface area contributed by atoms with E-state index in [0.717, 1.165) is 103 Å². The highest BCUT2D eigenvalue weighted by atomic mass is 16.6.